The first-order valence-corrected chi connectivity index (χ1v) is 6.96. The molecule has 98 valence electrons. The maximum Gasteiger partial charge on any atom is 0.0174 e. The molecule has 0 bridgehead atoms. The van der Waals surface area contributed by atoms with Gasteiger partial charge in [0.15, 0.2) is 0 Å². The third-order valence-electron chi connectivity index (χ3n) is 3.89. The van der Waals surface area contributed by atoms with Crippen LogP contribution in [0.5, 0.6) is 0 Å². The topological polar surface area (TPSA) is 52.0 Å². The number of nitrogens with two attached hydrogens (primary N) is 2. The quantitative estimate of drug-likeness (QED) is 0.781. The SMILES string of the molecule is NCC1=CC(C(N)CCC2C=CC=CC2)CC=C1. The van der Waals surface area contributed by atoms with Crippen LogP contribution in [-0.4, -0.2) is 12.6 Å². The summed E-state index contributed by atoms with van der Waals surface area (Å²) in [6.45, 7) is 0.621. The molecule has 18 heavy (non-hydrogen) atoms. The van der Waals surface area contributed by atoms with Gasteiger partial charge >= 0.3 is 0 Å². The second-order valence-electron chi connectivity index (χ2n) is 5.30. The summed E-state index contributed by atoms with van der Waals surface area (Å²) in [6.07, 6.45) is 19.9. The molecule has 0 saturated heterocycles. The Kier molecular flexibility index (Phi) is 4.97. The van der Waals surface area contributed by atoms with E-state index in [9.17, 15) is 0 Å². The van der Waals surface area contributed by atoms with Gasteiger partial charge in [-0.1, -0.05) is 42.5 Å². The predicted molar refractivity (Wildman–Crippen MR) is 78.0 cm³/mol. The summed E-state index contributed by atoms with van der Waals surface area (Å²) in [5.41, 5.74) is 13.2. The van der Waals surface area contributed by atoms with E-state index in [0.29, 0.717) is 18.4 Å². The van der Waals surface area contributed by atoms with Crippen LogP contribution in [-0.2, 0) is 0 Å². The Morgan fingerprint density at radius 3 is 2.83 bits per heavy atom. The van der Waals surface area contributed by atoms with Crippen LogP contribution in [0.1, 0.15) is 25.7 Å². The Bertz CT molecular complexity index is 377. The summed E-state index contributed by atoms with van der Waals surface area (Å²) in [6, 6.07) is 0.260. The first-order chi connectivity index (χ1) is 8.79. The molecule has 0 aromatic heterocycles. The molecule has 0 spiro atoms. The average Bonchev–Trinajstić information content (AvgIpc) is 2.46. The fraction of sp³-hybridized carbons (Fsp3) is 0.500. The predicted octanol–water partition coefficient (Wildman–Crippen LogP) is 2.69. The van der Waals surface area contributed by atoms with E-state index in [4.69, 9.17) is 11.5 Å². The van der Waals surface area contributed by atoms with Gasteiger partial charge in [-0.3, -0.25) is 0 Å². The number of allylic oxidation sites excluding steroid dienone is 5. The van der Waals surface area contributed by atoms with Crippen molar-refractivity contribution in [3.63, 3.8) is 0 Å². The Balaban J connectivity index is 1.79. The largest absolute Gasteiger partial charge is 0.327 e. The Hall–Kier alpha value is -1.12. The van der Waals surface area contributed by atoms with Gasteiger partial charge in [0.25, 0.3) is 0 Å². The summed E-state index contributed by atoms with van der Waals surface area (Å²) >= 11 is 0. The smallest absolute Gasteiger partial charge is 0.0174 e. The van der Waals surface area contributed by atoms with Gasteiger partial charge in [0.05, 0.1) is 0 Å². The third-order valence-corrected chi connectivity index (χ3v) is 3.89. The first kappa shape index (κ1) is 13.3. The monoisotopic (exact) mass is 244 g/mol. The van der Waals surface area contributed by atoms with E-state index >= 15 is 0 Å². The highest BCUT2D eigenvalue weighted by atomic mass is 14.6. The fourth-order valence-corrected chi connectivity index (χ4v) is 2.68. The van der Waals surface area contributed by atoms with Gasteiger partial charge in [0.2, 0.25) is 0 Å². The van der Waals surface area contributed by atoms with E-state index in [2.05, 4.69) is 42.5 Å². The minimum Gasteiger partial charge on any atom is -0.327 e. The van der Waals surface area contributed by atoms with Gasteiger partial charge in [0.1, 0.15) is 0 Å². The first-order valence-electron chi connectivity index (χ1n) is 6.96. The van der Waals surface area contributed by atoms with Crippen LogP contribution in [0.15, 0.2) is 48.1 Å². The molecule has 2 rings (SSSR count). The highest BCUT2D eigenvalue weighted by Gasteiger charge is 2.18. The zero-order valence-electron chi connectivity index (χ0n) is 11.0. The van der Waals surface area contributed by atoms with E-state index in [1.807, 2.05) is 0 Å². The maximum absolute atomic E-state index is 6.32. The second kappa shape index (κ2) is 6.72. The van der Waals surface area contributed by atoms with Crippen molar-refractivity contribution in [2.75, 3.05) is 6.54 Å². The van der Waals surface area contributed by atoms with Gasteiger partial charge < -0.3 is 11.5 Å². The number of hydrogen-bond donors (Lipinski definition) is 2. The van der Waals surface area contributed by atoms with Crippen LogP contribution in [0.25, 0.3) is 0 Å². The lowest BCUT2D eigenvalue weighted by molar-refractivity contribution is 0.426. The number of hydrogen-bond acceptors (Lipinski definition) is 2. The van der Waals surface area contributed by atoms with Crippen LogP contribution in [0.4, 0.5) is 0 Å². The molecule has 2 aliphatic carbocycles. The minimum atomic E-state index is 0.260. The van der Waals surface area contributed by atoms with E-state index in [1.54, 1.807) is 0 Å². The van der Waals surface area contributed by atoms with Crippen LogP contribution in [0.2, 0.25) is 0 Å². The second-order valence-corrected chi connectivity index (χ2v) is 5.30. The molecule has 0 heterocycles. The average molecular weight is 244 g/mol. The van der Waals surface area contributed by atoms with Crippen LogP contribution < -0.4 is 11.5 Å². The van der Waals surface area contributed by atoms with Gasteiger partial charge in [-0.2, -0.15) is 0 Å². The molecule has 0 radical (unpaired) electrons. The van der Waals surface area contributed by atoms with Crippen molar-refractivity contribution in [3.8, 4) is 0 Å². The van der Waals surface area contributed by atoms with Crippen LogP contribution in [0, 0.1) is 11.8 Å². The highest BCUT2D eigenvalue weighted by Crippen LogP contribution is 2.24. The third kappa shape index (κ3) is 3.69. The van der Waals surface area contributed by atoms with E-state index in [1.165, 1.54) is 12.0 Å². The van der Waals surface area contributed by atoms with Crippen molar-refractivity contribution in [2.45, 2.75) is 31.7 Å². The van der Waals surface area contributed by atoms with Crippen molar-refractivity contribution >= 4 is 0 Å². The zero-order chi connectivity index (χ0) is 12.8. The molecule has 0 aliphatic heterocycles. The van der Waals surface area contributed by atoms with Crippen molar-refractivity contribution < 1.29 is 0 Å². The van der Waals surface area contributed by atoms with Crippen LogP contribution in [0.3, 0.4) is 0 Å². The number of rotatable bonds is 5. The summed E-state index contributed by atoms with van der Waals surface area (Å²) in [5, 5.41) is 0. The van der Waals surface area contributed by atoms with Gasteiger partial charge in [-0.15, -0.1) is 0 Å². The van der Waals surface area contributed by atoms with E-state index in [0.717, 1.165) is 19.3 Å². The maximum atomic E-state index is 6.32. The summed E-state index contributed by atoms with van der Waals surface area (Å²) < 4.78 is 0. The van der Waals surface area contributed by atoms with Crippen molar-refractivity contribution in [3.05, 3.63) is 48.1 Å². The molecule has 0 fully saturated rings. The van der Waals surface area contributed by atoms with Gasteiger partial charge in [-0.05, 0) is 43.1 Å². The molecule has 0 saturated carbocycles. The summed E-state index contributed by atoms with van der Waals surface area (Å²) in [7, 11) is 0. The molecule has 3 atom stereocenters. The lowest BCUT2D eigenvalue weighted by Gasteiger charge is -2.24. The Morgan fingerprint density at radius 2 is 2.11 bits per heavy atom. The van der Waals surface area contributed by atoms with Crippen molar-refractivity contribution in [2.24, 2.45) is 23.3 Å². The zero-order valence-corrected chi connectivity index (χ0v) is 11.0. The molecule has 0 amide bonds. The Labute approximate surface area is 110 Å². The van der Waals surface area contributed by atoms with Gasteiger partial charge in [0, 0.05) is 12.6 Å². The fourth-order valence-electron chi connectivity index (χ4n) is 2.68. The summed E-state index contributed by atoms with van der Waals surface area (Å²) in [5.74, 6) is 1.15. The normalized spacial score (nSPS) is 28.2. The lowest BCUT2D eigenvalue weighted by atomic mass is 9.85. The molecule has 0 aromatic rings. The van der Waals surface area contributed by atoms with E-state index < -0.39 is 0 Å². The summed E-state index contributed by atoms with van der Waals surface area (Å²) in [4.78, 5) is 0. The molecule has 2 heteroatoms. The molecule has 2 nitrogen and oxygen atoms in total. The molecular weight excluding hydrogens is 220 g/mol. The standard InChI is InChI=1S/C16H24N2/c17-12-14-7-4-8-15(11-14)16(18)10-9-13-5-2-1-3-6-13/h1-5,7,11,13,15-16H,6,8-10,12,17-18H2. The highest BCUT2D eigenvalue weighted by molar-refractivity contribution is 5.25. The molecule has 4 N–H and O–H groups in total. The lowest BCUT2D eigenvalue weighted by Crippen LogP contribution is -2.30. The molecule has 0 aromatic carbocycles. The molecular formula is C16H24N2. The molecule has 2 aliphatic rings. The van der Waals surface area contributed by atoms with E-state index in [-0.39, 0.29) is 6.04 Å². The van der Waals surface area contributed by atoms with Gasteiger partial charge in [-0.25, -0.2) is 0 Å². The van der Waals surface area contributed by atoms with Crippen molar-refractivity contribution in [1.29, 1.82) is 0 Å². The van der Waals surface area contributed by atoms with Crippen LogP contribution >= 0.6 is 0 Å². The van der Waals surface area contributed by atoms with Crippen molar-refractivity contribution in [1.82, 2.24) is 0 Å². The molecule has 3 unspecified atom stereocenters. The Morgan fingerprint density at radius 1 is 1.22 bits per heavy atom. The minimum absolute atomic E-state index is 0.260.